The van der Waals surface area contributed by atoms with Crippen molar-refractivity contribution in [1.82, 2.24) is 19.8 Å². The van der Waals surface area contributed by atoms with Gasteiger partial charge in [0, 0.05) is 43.5 Å². The number of thiophene rings is 1. The summed E-state index contributed by atoms with van der Waals surface area (Å²) in [7, 11) is 0. The first kappa shape index (κ1) is 22.4. The highest BCUT2D eigenvalue weighted by Gasteiger charge is 2.27. The van der Waals surface area contributed by atoms with E-state index in [0.29, 0.717) is 18.7 Å². The number of piperazine rings is 1. The minimum absolute atomic E-state index is 0.0974. The van der Waals surface area contributed by atoms with E-state index in [9.17, 15) is 4.79 Å². The molecular weight excluding hydrogens is 418 g/mol. The average Bonchev–Trinajstić information content (AvgIpc) is 3.10. The summed E-state index contributed by atoms with van der Waals surface area (Å²) in [5.74, 6) is 0.916. The summed E-state index contributed by atoms with van der Waals surface area (Å²) in [5.41, 5.74) is 3.67. The van der Waals surface area contributed by atoms with Crippen molar-refractivity contribution in [3.05, 3.63) is 57.4 Å². The Hall–Kier alpha value is -2.82. The zero-order valence-corrected chi connectivity index (χ0v) is 20.2. The zero-order chi connectivity index (χ0) is 23.0. The number of amides is 1. The molecule has 7 heteroatoms. The van der Waals surface area contributed by atoms with Gasteiger partial charge in [0.1, 0.15) is 10.7 Å². The normalized spacial score (nSPS) is 15.2. The average molecular weight is 448 g/mol. The highest BCUT2D eigenvalue weighted by molar-refractivity contribution is 7.20. The maximum atomic E-state index is 13.4. The molecule has 0 atom stereocenters. The smallest absolute Gasteiger partial charge is 0.264 e. The number of carbonyl (C=O) groups is 1. The van der Waals surface area contributed by atoms with Crippen LogP contribution >= 0.6 is 11.3 Å². The first-order valence-electron chi connectivity index (χ1n) is 11.0. The highest BCUT2D eigenvalue weighted by Crippen LogP contribution is 2.34. The topological polar surface area (TPSA) is 73.1 Å². The SMILES string of the molecule is Cc1nc(C(C)(C)C)nc2sc(C(=O)N3CCN(Cc4ccc(C#N)cc4)CC3)c(C)c12. The van der Waals surface area contributed by atoms with Crippen molar-refractivity contribution >= 4 is 27.5 Å². The molecule has 166 valence electrons. The quantitative estimate of drug-likeness (QED) is 0.594. The van der Waals surface area contributed by atoms with Crippen molar-refractivity contribution in [3.8, 4) is 6.07 Å². The Morgan fingerprint density at radius 1 is 1.09 bits per heavy atom. The minimum Gasteiger partial charge on any atom is -0.335 e. The first-order valence-corrected chi connectivity index (χ1v) is 11.8. The lowest BCUT2D eigenvalue weighted by Gasteiger charge is -2.34. The van der Waals surface area contributed by atoms with E-state index < -0.39 is 0 Å². The Morgan fingerprint density at radius 3 is 2.34 bits per heavy atom. The standard InChI is InChI=1S/C25H29N5OS/c1-16-20-17(2)27-24(25(3,4)5)28-22(20)32-21(16)23(31)30-12-10-29(11-13-30)15-19-8-6-18(14-26)7-9-19/h6-9H,10-13,15H2,1-5H3. The number of aryl methyl sites for hydroxylation is 2. The van der Waals surface area contributed by atoms with E-state index in [0.717, 1.165) is 51.8 Å². The molecule has 0 unspecified atom stereocenters. The Bertz CT molecular complexity index is 1190. The number of fused-ring (bicyclic) bond motifs is 1. The molecule has 0 aliphatic carbocycles. The summed E-state index contributed by atoms with van der Waals surface area (Å²) in [6.45, 7) is 14.3. The molecule has 0 N–H and O–H groups in total. The molecule has 0 spiro atoms. The van der Waals surface area contributed by atoms with Gasteiger partial charge in [0.15, 0.2) is 0 Å². The Kier molecular flexibility index (Phi) is 6.02. The molecule has 0 bridgehead atoms. The summed E-state index contributed by atoms with van der Waals surface area (Å²) < 4.78 is 0. The predicted molar refractivity (Wildman–Crippen MR) is 128 cm³/mol. The van der Waals surface area contributed by atoms with Crippen molar-refractivity contribution in [1.29, 1.82) is 5.26 Å². The maximum Gasteiger partial charge on any atom is 0.264 e. The summed E-state index contributed by atoms with van der Waals surface area (Å²) in [6, 6.07) is 9.88. The largest absolute Gasteiger partial charge is 0.335 e. The van der Waals surface area contributed by atoms with E-state index in [2.05, 4.69) is 31.7 Å². The van der Waals surface area contributed by atoms with Crippen LogP contribution < -0.4 is 0 Å². The number of nitriles is 1. The number of rotatable bonds is 3. The van der Waals surface area contributed by atoms with Gasteiger partial charge >= 0.3 is 0 Å². The molecular formula is C25H29N5OS. The van der Waals surface area contributed by atoms with Gasteiger partial charge in [-0.1, -0.05) is 32.9 Å². The molecule has 0 radical (unpaired) electrons. The minimum atomic E-state index is -0.133. The van der Waals surface area contributed by atoms with Gasteiger partial charge in [0.05, 0.1) is 22.2 Å². The van der Waals surface area contributed by atoms with Crippen LogP contribution in [0.3, 0.4) is 0 Å². The van der Waals surface area contributed by atoms with Crippen molar-refractivity contribution in [2.45, 2.75) is 46.6 Å². The number of nitrogens with zero attached hydrogens (tertiary/aromatic N) is 5. The Labute approximate surface area is 193 Å². The molecule has 1 amide bonds. The molecule has 3 aromatic rings. The summed E-state index contributed by atoms with van der Waals surface area (Å²) in [4.78, 5) is 28.9. The number of carbonyl (C=O) groups excluding carboxylic acids is 1. The monoisotopic (exact) mass is 447 g/mol. The fourth-order valence-corrected chi connectivity index (χ4v) is 5.27. The maximum absolute atomic E-state index is 13.4. The molecule has 1 aliphatic rings. The third-order valence-corrected chi connectivity index (χ3v) is 7.16. The predicted octanol–water partition coefficient (Wildman–Crippen LogP) is 4.44. The molecule has 0 saturated carbocycles. The van der Waals surface area contributed by atoms with E-state index in [1.54, 1.807) is 0 Å². The van der Waals surface area contributed by atoms with Gasteiger partial charge < -0.3 is 4.90 Å². The highest BCUT2D eigenvalue weighted by atomic mass is 32.1. The van der Waals surface area contributed by atoms with Crippen molar-refractivity contribution < 1.29 is 4.79 Å². The van der Waals surface area contributed by atoms with Crippen LogP contribution in [-0.4, -0.2) is 51.9 Å². The lowest BCUT2D eigenvalue weighted by Crippen LogP contribution is -2.48. The van der Waals surface area contributed by atoms with Crippen LogP contribution in [0, 0.1) is 25.2 Å². The second-order valence-electron chi connectivity index (χ2n) is 9.50. The fraction of sp³-hybridized carbons (Fsp3) is 0.440. The molecule has 1 fully saturated rings. The van der Waals surface area contributed by atoms with Crippen LogP contribution in [0.25, 0.3) is 10.2 Å². The van der Waals surface area contributed by atoms with E-state index >= 15 is 0 Å². The molecule has 1 aliphatic heterocycles. The van der Waals surface area contributed by atoms with Crippen LogP contribution in [0.5, 0.6) is 0 Å². The zero-order valence-electron chi connectivity index (χ0n) is 19.4. The third kappa shape index (κ3) is 4.38. The van der Waals surface area contributed by atoms with Crippen LogP contribution in [0.4, 0.5) is 0 Å². The van der Waals surface area contributed by atoms with E-state index in [1.807, 2.05) is 43.0 Å². The second-order valence-corrected chi connectivity index (χ2v) is 10.5. The summed E-state index contributed by atoms with van der Waals surface area (Å²) >= 11 is 1.49. The van der Waals surface area contributed by atoms with Gasteiger partial charge in [-0.15, -0.1) is 11.3 Å². The molecule has 6 nitrogen and oxygen atoms in total. The molecule has 4 rings (SSSR count). The lowest BCUT2D eigenvalue weighted by molar-refractivity contribution is 0.0632. The Balaban J connectivity index is 1.47. The second kappa shape index (κ2) is 8.61. The van der Waals surface area contributed by atoms with Gasteiger partial charge in [-0.3, -0.25) is 9.69 Å². The third-order valence-electron chi connectivity index (χ3n) is 5.98. The molecule has 1 aromatic carbocycles. The van der Waals surface area contributed by atoms with Crippen molar-refractivity contribution in [3.63, 3.8) is 0 Å². The number of hydrogen-bond acceptors (Lipinski definition) is 6. The molecule has 32 heavy (non-hydrogen) atoms. The van der Waals surface area contributed by atoms with Gasteiger partial charge in [-0.05, 0) is 37.1 Å². The fourth-order valence-electron chi connectivity index (χ4n) is 4.07. The van der Waals surface area contributed by atoms with E-state index in [4.69, 9.17) is 15.2 Å². The molecule has 3 heterocycles. The number of hydrogen-bond donors (Lipinski definition) is 0. The van der Waals surface area contributed by atoms with Crippen LogP contribution in [-0.2, 0) is 12.0 Å². The first-order chi connectivity index (χ1) is 15.2. The summed E-state index contributed by atoms with van der Waals surface area (Å²) in [5, 5.41) is 9.97. The van der Waals surface area contributed by atoms with Crippen molar-refractivity contribution in [2.24, 2.45) is 0 Å². The molecule has 1 saturated heterocycles. The Morgan fingerprint density at radius 2 is 1.75 bits per heavy atom. The van der Waals surface area contributed by atoms with Gasteiger partial charge in [0.25, 0.3) is 5.91 Å². The van der Waals surface area contributed by atoms with E-state index in [1.165, 1.54) is 16.9 Å². The number of benzene rings is 1. The lowest BCUT2D eigenvalue weighted by atomic mass is 9.95. The van der Waals surface area contributed by atoms with Crippen LogP contribution in [0.1, 0.15) is 58.7 Å². The van der Waals surface area contributed by atoms with Gasteiger partial charge in [-0.25, -0.2) is 9.97 Å². The summed E-state index contributed by atoms with van der Waals surface area (Å²) in [6.07, 6.45) is 0. The van der Waals surface area contributed by atoms with E-state index in [-0.39, 0.29) is 11.3 Å². The number of aromatic nitrogens is 2. The van der Waals surface area contributed by atoms with Gasteiger partial charge in [-0.2, -0.15) is 5.26 Å². The van der Waals surface area contributed by atoms with Crippen LogP contribution in [0.15, 0.2) is 24.3 Å². The molecule has 2 aromatic heterocycles. The van der Waals surface area contributed by atoms with Gasteiger partial charge in [0.2, 0.25) is 0 Å². The van der Waals surface area contributed by atoms with Crippen LogP contribution in [0.2, 0.25) is 0 Å². The van der Waals surface area contributed by atoms with Crippen molar-refractivity contribution in [2.75, 3.05) is 26.2 Å².